The molecule has 0 aliphatic carbocycles. The van der Waals surface area contributed by atoms with Gasteiger partial charge in [-0.15, -0.1) is 0 Å². The van der Waals surface area contributed by atoms with E-state index in [0.717, 1.165) is 6.07 Å². The molecule has 5 nitrogen and oxygen atoms in total. The standard InChI is InChI=1S/C16H14F4N2O3S/c1-11(21-25-10-12-6-2-4-8-14(12)17)13-7-3-5-9-15(13)22-26(23,24)16(18,19)20/h2-9,22H,10H2,1H3/b21-11+. The molecular weight excluding hydrogens is 376 g/mol. The topological polar surface area (TPSA) is 67.8 Å². The van der Waals surface area contributed by atoms with E-state index in [1.54, 1.807) is 6.07 Å². The van der Waals surface area contributed by atoms with Gasteiger partial charge in [0.15, 0.2) is 0 Å². The van der Waals surface area contributed by atoms with Gasteiger partial charge in [0.25, 0.3) is 0 Å². The van der Waals surface area contributed by atoms with Crippen LogP contribution in [0.15, 0.2) is 53.7 Å². The molecule has 26 heavy (non-hydrogen) atoms. The van der Waals surface area contributed by atoms with Gasteiger partial charge in [0.1, 0.15) is 12.4 Å². The van der Waals surface area contributed by atoms with Crippen LogP contribution < -0.4 is 4.72 Å². The molecule has 2 aromatic carbocycles. The van der Waals surface area contributed by atoms with Crippen LogP contribution in [-0.2, 0) is 21.5 Å². The number of nitrogens with one attached hydrogen (secondary N) is 1. The molecule has 0 aromatic heterocycles. The van der Waals surface area contributed by atoms with E-state index in [0.29, 0.717) is 0 Å². The van der Waals surface area contributed by atoms with Crippen molar-refractivity contribution in [3.63, 3.8) is 0 Å². The lowest BCUT2D eigenvalue weighted by atomic mass is 10.1. The van der Waals surface area contributed by atoms with Crippen molar-refractivity contribution in [2.45, 2.75) is 19.0 Å². The molecule has 0 aliphatic rings. The molecular formula is C16H14F4N2O3S. The summed E-state index contributed by atoms with van der Waals surface area (Å²) in [6.07, 6.45) is 0. The van der Waals surface area contributed by atoms with Gasteiger partial charge in [0.2, 0.25) is 0 Å². The minimum atomic E-state index is -5.57. The Balaban J connectivity index is 2.19. The van der Waals surface area contributed by atoms with Crippen molar-refractivity contribution in [3.05, 3.63) is 65.5 Å². The average Bonchev–Trinajstić information content (AvgIpc) is 2.55. The Morgan fingerprint density at radius 3 is 2.38 bits per heavy atom. The van der Waals surface area contributed by atoms with Crippen LogP contribution in [0.25, 0.3) is 0 Å². The van der Waals surface area contributed by atoms with Crippen LogP contribution in [-0.4, -0.2) is 19.6 Å². The van der Waals surface area contributed by atoms with E-state index in [1.165, 1.54) is 48.0 Å². The second-order valence-electron chi connectivity index (χ2n) is 5.14. The summed E-state index contributed by atoms with van der Waals surface area (Å²) in [6, 6.07) is 11.3. The zero-order valence-electron chi connectivity index (χ0n) is 13.4. The third-order valence-electron chi connectivity index (χ3n) is 3.25. The summed E-state index contributed by atoms with van der Waals surface area (Å²) in [7, 11) is -5.57. The van der Waals surface area contributed by atoms with Gasteiger partial charge in [0.05, 0.1) is 11.4 Å². The lowest BCUT2D eigenvalue weighted by molar-refractivity contribution is -0.0429. The predicted molar refractivity (Wildman–Crippen MR) is 88.4 cm³/mol. The summed E-state index contributed by atoms with van der Waals surface area (Å²) in [5.41, 5.74) is -5.31. The summed E-state index contributed by atoms with van der Waals surface area (Å²) in [5.74, 6) is -0.487. The predicted octanol–water partition coefficient (Wildman–Crippen LogP) is 4.03. The largest absolute Gasteiger partial charge is 0.516 e. The number of nitrogens with zero attached hydrogens (tertiary/aromatic N) is 1. The molecule has 0 amide bonds. The van der Waals surface area contributed by atoms with E-state index >= 15 is 0 Å². The third-order valence-corrected chi connectivity index (χ3v) is 4.34. The van der Waals surface area contributed by atoms with E-state index in [2.05, 4.69) is 5.16 Å². The first-order valence-corrected chi connectivity index (χ1v) is 8.68. The number of anilines is 1. The van der Waals surface area contributed by atoms with Crippen molar-refractivity contribution in [1.29, 1.82) is 0 Å². The first-order chi connectivity index (χ1) is 12.1. The van der Waals surface area contributed by atoms with Crippen molar-refractivity contribution >= 4 is 21.4 Å². The molecule has 0 bridgehead atoms. The molecule has 0 radical (unpaired) electrons. The van der Waals surface area contributed by atoms with Crippen LogP contribution in [0.1, 0.15) is 18.1 Å². The van der Waals surface area contributed by atoms with Crippen molar-refractivity contribution < 1.29 is 30.8 Å². The monoisotopic (exact) mass is 390 g/mol. The highest BCUT2D eigenvalue weighted by atomic mass is 32.2. The smallest absolute Gasteiger partial charge is 0.391 e. The number of halogens is 4. The lowest BCUT2D eigenvalue weighted by Gasteiger charge is -2.13. The van der Waals surface area contributed by atoms with Crippen molar-refractivity contribution in [1.82, 2.24) is 0 Å². The maximum absolute atomic E-state index is 13.5. The first-order valence-electron chi connectivity index (χ1n) is 7.20. The number of para-hydroxylation sites is 1. The van der Waals surface area contributed by atoms with Gasteiger partial charge < -0.3 is 4.84 Å². The normalized spacial score (nSPS) is 12.7. The summed E-state index contributed by atoms with van der Waals surface area (Å²) in [6.45, 7) is 1.22. The quantitative estimate of drug-likeness (QED) is 0.460. The highest BCUT2D eigenvalue weighted by Gasteiger charge is 2.46. The van der Waals surface area contributed by atoms with E-state index in [-0.39, 0.29) is 29.1 Å². The number of hydrogen-bond acceptors (Lipinski definition) is 4. The second kappa shape index (κ2) is 7.73. The molecule has 0 atom stereocenters. The van der Waals surface area contributed by atoms with Crippen molar-refractivity contribution in [3.8, 4) is 0 Å². The van der Waals surface area contributed by atoms with Gasteiger partial charge in [0, 0.05) is 11.1 Å². The Morgan fingerprint density at radius 1 is 1.12 bits per heavy atom. The molecule has 0 saturated heterocycles. The Morgan fingerprint density at radius 2 is 1.73 bits per heavy atom. The molecule has 0 spiro atoms. The maximum Gasteiger partial charge on any atom is 0.516 e. The molecule has 0 heterocycles. The van der Waals surface area contributed by atoms with Crippen LogP contribution >= 0.6 is 0 Å². The van der Waals surface area contributed by atoms with Crippen molar-refractivity contribution in [2.24, 2.45) is 5.16 Å². The highest BCUT2D eigenvalue weighted by Crippen LogP contribution is 2.27. The second-order valence-corrected chi connectivity index (χ2v) is 6.81. The fourth-order valence-corrected chi connectivity index (χ4v) is 2.54. The van der Waals surface area contributed by atoms with Gasteiger partial charge >= 0.3 is 15.5 Å². The molecule has 0 saturated carbocycles. The summed E-state index contributed by atoms with van der Waals surface area (Å²) in [4.78, 5) is 5.02. The average molecular weight is 390 g/mol. The summed E-state index contributed by atoms with van der Waals surface area (Å²) >= 11 is 0. The fraction of sp³-hybridized carbons (Fsp3) is 0.188. The Labute approximate surface area is 147 Å². The Bertz CT molecular complexity index is 912. The van der Waals surface area contributed by atoms with Gasteiger partial charge in [-0.1, -0.05) is 41.6 Å². The highest BCUT2D eigenvalue weighted by molar-refractivity contribution is 7.93. The Kier molecular flexibility index (Phi) is 5.86. The lowest BCUT2D eigenvalue weighted by Crippen LogP contribution is -2.30. The van der Waals surface area contributed by atoms with Gasteiger partial charge in [-0.25, -0.2) is 4.39 Å². The van der Waals surface area contributed by atoms with E-state index in [9.17, 15) is 26.0 Å². The van der Waals surface area contributed by atoms with Crippen LogP contribution in [0.2, 0.25) is 0 Å². The van der Waals surface area contributed by atoms with Crippen LogP contribution in [0.5, 0.6) is 0 Å². The number of hydrogen-bond donors (Lipinski definition) is 1. The molecule has 0 fully saturated rings. The minimum absolute atomic E-state index is 0.0915. The van der Waals surface area contributed by atoms with E-state index in [1.807, 2.05) is 0 Å². The number of rotatable bonds is 6. The maximum atomic E-state index is 13.5. The number of oxime groups is 1. The number of benzene rings is 2. The van der Waals surface area contributed by atoms with Crippen LogP contribution in [0, 0.1) is 5.82 Å². The molecule has 10 heteroatoms. The number of sulfonamides is 1. The van der Waals surface area contributed by atoms with Crippen LogP contribution in [0.4, 0.5) is 23.2 Å². The zero-order chi connectivity index (χ0) is 19.4. The Hall–Kier alpha value is -2.62. The van der Waals surface area contributed by atoms with Gasteiger partial charge in [-0.05, 0) is 19.1 Å². The molecule has 2 aromatic rings. The molecule has 0 aliphatic heterocycles. The summed E-state index contributed by atoms with van der Waals surface area (Å²) < 4.78 is 75.1. The molecule has 0 unspecified atom stereocenters. The molecule has 140 valence electrons. The number of alkyl halides is 3. The first kappa shape index (κ1) is 19.7. The summed E-state index contributed by atoms with van der Waals surface area (Å²) in [5, 5.41) is 3.72. The van der Waals surface area contributed by atoms with Crippen LogP contribution in [0.3, 0.4) is 0 Å². The van der Waals surface area contributed by atoms with Crippen molar-refractivity contribution in [2.75, 3.05) is 4.72 Å². The minimum Gasteiger partial charge on any atom is -0.391 e. The zero-order valence-corrected chi connectivity index (χ0v) is 14.2. The molecule has 2 rings (SSSR count). The molecule has 1 N–H and O–H groups in total. The fourth-order valence-electron chi connectivity index (χ4n) is 1.95. The SMILES string of the molecule is C/C(=N\OCc1ccccc1F)c1ccccc1NS(=O)(=O)C(F)(F)F. The van der Waals surface area contributed by atoms with E-state index < -0.39 is 21.3 Å². The third kappa shape index (κ3) is 4.72. The van der Waals surface area contributed by atoms with Gasteiger partial charge in [-0.3, -0.25) is 4.72 Å². The van der Waals surface area contributed by atoms with E-state index in [4.69, 9.17) is 4.84 Å². The van der Waals surface area contributed by atoms with Gasteiger partial charge in [-0.2, -0.15) is 21.6 Å².